The first-order chi connectivity index (χ1) is 18.0. The SMILES string of the molecule is CCOC(=O)c1cn(-c2cnccn2)c2nc(N3CCCC3COc3ncccc3Cl)c(Cl)cc2c1=O. The molecule has 12 heteroatoms. The molecule has 0 aliphatic carbocycles. The summed E-state index contributed by atoms with van der Waals surface area (Å²) < 4.78 is 12.5. The summed E-state index contributed by atoms with van der Waals surface area (Å²) in [7, 11) is 0. The summed E-state index contributed by atoms with van der Waals surface area (Å²) in [5.74, 6) is 0.493. The van der Waals surface area contributed by atoms with E-state index in [9.17, 15) is 9.59 Å². The molecule has 0 saturated carbocycles. The molecule has 0 N–H and O–H groups in total. The van der Waals surface area contributed by atoms with Gasteiger partial charge >= 0.3 is 5.97 Å². The lowest BCUT2D eigenvalue weighted by molar-refractivity contribution is 0.0524. The zero-order valence-corrected chi connectivity index (χ0v) is 21.3. The van der Waals surface area contributed by atoms with E-state index < -0.39 is 11.4 Å². The molecule has 1 atom stereocenters. The second kappa shape index (κ2) is 10.7. The number of nitrogens with zero attached hydrogens (tertiary/aromatic N) is 6. The Hall–Kier alpha value is -3.76. The van der Waals surface area contributed by atoms with Crippen LogP contribution in [0.3, 0.4) is 0 Å². The number of halogens is 2. The second-order valence-electron chi connectivity index (χ2n) is 8.28. The van der Waals surface area contributed by atoms with E-state index in [-0.39, 0.29) is 34.3 Å². The number of esters is 1. The second-order valence-corrected chi connectivity index (χ2v) is 9.10. The molecule has 0 aromatic carbocycles. The molecule has 4 aromatic rings. The van der Waals surface area contributed by atoms with Crippen molar-refractivity contribution in [1.29, 1.82) is 0 Å². The van der Waals surface area contributed by atoms with Gasteiger partial charge in [0.25, 0.3) is 0 Å². The van der Waals surface area contributed by atoms with Gasteiger partial charge in [0.15, 0.2) is 11.5 Å². The molecule has 0 amide bonds. The Labute approximate surface area is 221 Å². The van der Waals surface area contributed by atoms with Crippen molar-refractivity contribution in [3.05, 3.63) is 75.0 Å². The third kappa shape index (κ3) is 4.94. The summed E-state index contributed by atoms with van der Waals surface area (Å²) in [6, 6.07) is 4.94. The Kier molecular flexibility index (Phi) is 7.20. The summed E-state index contributed by atoms with van der Waals surface area (Å²) in [5.41, 5.74) is -0.386. The molecular formula is C25H22Cl2N6O4. The van der Waals surface area contributed by atoms with Crippen LogP contribution in [0.5, 0.6) is 5.88 Å². The lowest BCUT2D eigenvalue weighted by Crippen LogP contribution is -2.35. The van der Waals surface area contributed by atoms with E-state index in [0.717, 1.165) is 12.8 Å². The van der Waals surface area contributed by atoms with Crippen molar-refractivity contribution >= 4 is 46.0 Å². The average Bonchev–Trinajstić information content (AvgIpc) is 3.37. The van der Waals surface area contributed by atoms with E-state index in [2.05, 4.69) is 15.0 Å². The fourth-order valence-electron chi connectivity index (χ4n) is 4.30. The predicted octanol–water partition coefficient (Wildman–Crippen LogP) is 4.10. The topological polar surface area (TPSA) is 112 Å². The Balaban J connectivity index is 1.58. The molecule has 5 rings (SSSR count). The molecule has 5 heterocycles. The molecular weight excluding hydrogens is 519 g/mol. The molecule has 1 aliphatic heterocycles. The third-order valence-corrected chi connectivity index (χ3v) is 6.56. The minimum Gasteiger partial charge on any atom is -0.474 e. The van der Waals surface area contributed by atoms with Gasteiger partial charge in [-0.05, 0) is 38.0 Å². The first-order valence-corrected chi connectivity index (χ1v) is 12.4. The average molecular weight is 541 g/mol. The van der Waals surface area contributed by atoms with Gasteiger partial charge in [-0.2, -0.15) is 0 Å². The van der Waals surface area contributed by atoms with Gasteiger partial charge in [-0.15, -0.1) is 0 Å². The highest BCUT2D eigenvalue weighted by atomic mass is 35.5. The molecule has 1 aliphatic rings. The van der Waals surface area contributed by atoms with Crippen LogP contribution >= 0.6 is 23.2 Å². The lowest BCUT2D eigenvalue weighted by atomic mass is 10.2. The maximum absolute atomic E-state index is 13.3. The zero-order chi connectivity index (χ0) is 25.9. The van der Waals surface area contributed by atoms with E-state index in [1.165, 1.54) is 30.9 Å². The third-order valence-electron chi connectivity index (χ3n) is 5.99. The molecule has 1 unspecified atom stereocenters. The summed E-state index contributed by atoms with van der Waals surface area (Å²) in [6.07, 6.45) is 9.29. The smallest absolute Gasteiger partial charge is 0.343 e. The van der Waals surface area contributed by atoms with Crippen molar-refractivity contribution < 1.29 is 14.3 Å². The fraction of sp³-hybridized carbons (Fsp3) is 0.280. The Morgan fingerprint density at radius 1 is 1.19 bits per heavy atom. The van der Waals surface area contributed by atoms with Crippen LogP contribution < -0.4 is 15.1 Å². The van der Waals surface area contributed by atoms with Crippen LogP contribution in [0.1, 0.15) is 30.1 Å². The largest absolute Gasteiger partial charge is 0.474 e. The summed E-state index contributed by atoms with van der Waals surface area (Å²) in [5, 5.41) is 0.871. The van der Waals surface area contributed by atoms with Crippen LogP contribution in [0.25, 0.3) is 16.9 Å². The molecule has 190 valence electrons. The number of pyridine rings is 3. The Morgan fingerprint density at radius 2 is 2.05 bits per heavy atom. The van der Waals surface area contributed by atoms with Gasteiger partial charge in [0.2, 0.25) is 11.3 Å². The van der Waals surface area contributed by atoms with Crippen molar-refractivity contribution in [1.82, 2.24) is 24.5 Å². The van der Waals surface area contributed by atoms with E-state index in [1.54, 1.807) is 29.8 Å². The van der Waals surface area contributed by atoms with Gasteiger partial charge in [-0.3, -0.25) is 14.3 Å². The maximum atomic E-state index is 13.3. The van der Waals surface area contributed by atoms with Crippen LogP contribution in [0.4, 0.5) is 5.82 Å². The van der Waals surface area contributed by atoms with Crippen molar-refractivity contribution in [3.8, 4) is 11.7 Å². The van der Waals surface area contributed by atoms with Gasteiger partial charge in [0, 0.05) is 31.3 Å². The number of anilines is 1. The standard InChI is InChI=1S/C25H22Cl2N6O4/c1-2-36-25(35)17-13-33(20-12-28-8-9-29-20)22-16(21(17)34)11-19(27)23(31-22)32-10-4-5-15(32)14-37-24-18(26)6-3-7-30-24/h3,6-9,11-13,15H,2,4-5,10,14H2,1H3. The monoisotopic (exact) mass is 540 g/mol. The minimum atomic E-state index is -0.739. The fourth-order valence-corrected chi connectivity index (χ4v) is 4.74. The van der Waals surface area contributed by atoms with E-state index in [4.69, 9.17) is 37.7 Å². The van der Waals surface area contributed by atoms with E-state index in [0.29, 0.717) is 35.7 Å². The number of ether oxygens (including phenoxy) is 2. The zero-order valence-electron chi connectivity index (χ0n) is 19.8. The highest BCUT2D eigenvalue weighted by Crippen LogP contribution is 2.33. The molecule has 0 bridgehead atoms. The van der Waals surface area contributed by atoms with Crippen LogP contribution in [0.2, 0.25) is 10.0 Å². The lowest BCUT2D eigenvalue weighted by Gasteiger charge is -2.27. The predicted molar refractivity (Wildman–Crippen MR) is 139 cm³/mol. The highest BCUT2D eigenvalue weighted by Gasteiger charge is 2.30. The van der Waals surface area contributed by atoms with Gasteiger partial charge in [0.1, 0.15) is 23.0 Å². The van der Waals surface area contributed by atoms with Crippen LogP contribution in [-0.4, -0.2) is 56.3 Å². The van der Waals surface area contributed by atoms with Crippen molar-refractivity contribution in [2.24, 2.45) is 0 Å². The summed E-state index contributed by atoms with van der Waals surface area (Å²) in [6.45, 7) is 2.81. The van der Waals surface area contributed by atoms with Crippen LogP contribution in [0.15, 0.2) is 54.0 Å². The number of hydrogen-bond acceptors (Lipinski definition) is 9. The normalized spacial score (nSPS) is 15.2. The van der Waals surface area contributed by atoms with Crippen LogP contribution in [0, 0.1) is 0 Å². The molecule has 1 saturated heterocycles. The van der Waals surface area contributed by atoms with Gasteiger partial charge in [-0.1, -0.05) is 23.2 Å². The molecule has 0 spiro atoms. The van der Waals surface area contributed by atoms with E-state index >= 15 is 0 Å². The Bertz CT molecular complexity index is 1510. The quantitative estimate of drug-likeness (QED) is 0.319. The molecule has 10 nitrogen and oxygen atoms in total. The van der Waals surface area contributed by atoms with E-state index in [1.807, 2.05) is 4.90 Å². The van der Waals surface area contributed by atoms with Gasteiger partial charge < -0.3 is 14.4 Å². The summed E-state index contributed by atoms with van der Waals surface area (Å²) in [4.78, 5) is 45.3. The number of aromatic nitrogens is 5. The number of hydrogen-bond donors (Lipinski definition) is 0. The highest BCUT2D eigenvalue weighted by molar-refractivity contribution is 6.33. The summed E-state index contributed by atoms with van der Waals surface area (Å²) >= 11 is 12.9. The number of fused-ring (bicyclic) bond motifs is 1. The molecule has 1 fully saturated rings. The first-order valence-electron chi connectivity index (χ1n) is 11.7. The number of carbonyl (C=O) groups excluding carboxylic acids is 1. The first kappa shape index (κ1) is 24.9. The minimum absolute atomic E-state index is 0.0454. The van der Waals surface area contributed by atoms with Crippen molar-refractivity contribution in [2.45, 2.75) is 25.8 Å². The van der Waals surface area contributed by atoms with Crippen molar-refractivity contribution in [2.75, 3.05) is 24.7 Å². The molecule has 4 aromatic heterocycles. The Morgan fingerprint density at radius 3 is 2.81 bits per heavy atom. The molecule has 0 radical (unpaired) electrons. The number of carbonyl (C=O) groups is 1. The van der Waals surface area contributed by atoms with Gasteiger partial charge in [0.05, 0.1) is 29.3 Å². The van der Waals surface area contributed by atoms with Gasteiger partial charge in [-0.25, -0.2) is 19.7 Å². The number of rotatable bonds is 7. The molecule has 37 heavy (non-hydrogen) atoms. The maximum Gasteiger partial charge on any atom is 0.343 e. The van der Waals surface area contributed by atoms with Crippen molar-refractivity contribution in [3.63, 3.8) is 0 Å². The van der Waals surface area contributed by atoms with Crippen LogP contribution in [-0.2, 0) is 4.74 Å².